The number of nitrogens with zero attached hydrogens (tertiary/aromatic N) is 2. The number of ether oxygens (including phenoxy) is 2. The molecule has 0 aliphatic carbocycles. The number of hydrogen-bond donors (Lipinski definition) is 0. The molecule has 0 fully saturated rings. The lowest BCUT2D eigenvalue weighted by atomic mass is 10.2. The number of thiophene rings is 1. The lowest BCUT2D eigenvalue weighted by molar-refractivity contribution is -0.119. The largest absolute Gasteiger partial charge is 0.486 e. The van der Waals surface area contributed by atoms with Gasteiger partial charge in [0.15, 0.2) is 11.5 Å². The summed E-state index contributed by atoms with van der Waals surface area (Å²) in [5.74, 6) is 1.13. The minimum absolute atomic E-state index is 0.0283. The molecule has 4 rings (SSSR count). The quantitative estimate of drug-likeness (QED) is 0.681. The fourth-order valence-electron chi connectivity index (χ4n) is 2.90. The van der Waals surface area contributed by atoms with E-state index in [9.17, 15) is 9.59 Å². The Labute approximate surface area is 160 Å². The Morgan fingerprint density at radius 2 is 1.93 bits per heavy atom. The summed E-state index contributed by atoms with van der Waals surface area (Å²) < 4.78 is 12.6. The number of benzene rings is 1. The van der Waals surface area contributed by atoms with Crippen molar-refractivity contribution >= 4 is 22.9 Å². The van der Waals surface area contributed by atoms with E-state index in [1.165, 1.54) is 10.6 Å². The number of carbonyl (C=O) groups is 1. The molecule has 0 atom stereocenters. The molecule has 1 aromatic carbocycles. The second-order valence-electron chi connectivity index (χ2n) is 6.05. The smallest absolute Gasteiger partial charge is 0.250 e. The number of pyridine rings is 1. The SMILES string of the molecule is O=C(Cn1ccccc1=O)N(Cc1cccs1)c1ccc2c(c1)OCCO2. The van der Waals surface area contributed by atoms with Gasteiger partial charge in [-0.1, -0.05) is 12.1 Å². The predicted octanol–water partition coefficient (Wildman–Crippen LogP) is 2.91. The Morgan fingerprint density at radius 3 is 2.70 bits per heavy atom. The summed E-state index contributed by atoms with van der Waals surface area (Å²) in [5, 5.41) is 1.98. The standard InChI is InChI=1S/C20H18N2O4S/c23-19-5-1-2-8-21(19)14-20(24)22(13-16-4-3-11-27-16)15-6-7-17-18(12-15)26-10-9-25-17/h1-8,11-12H,9-10,13-14H2. The van der Waals surface area contributed by atoms with Crippen LogP contribution < -0.4 is 19.9 Å². The Kier molecular flexibility index (Phi) is 4.93. The molecule has 0 radical (unpaired) electrons. The van der Waals surface area contributed by atoms with Crippen LogP contribution in [0.3, 0.4) is 0 Å². The van der Waals surface area contributed by atoms with Gasteiger partial charge in [0.25, 0.3) is 5.56 Å². The van der Waals surface area contributed by atoms with Crippen LogP contribution in [0.1, 0.15) is 4.88 Å². The first-order valence-corrected chi connectivity index (χ1v) is 9.46. The van der Waals surface area contributed by atoms with Crippen LogP contribution in [0.2, 0.25) is 0 Å². The molecular formula is C20H18N2O4S. The van der Waals surface area contributed by atoms with Crippen LogP contribution >= 0.6 is 11.3 Å². The van der Waals surface area contributed by atoms with Crippen molar-refractivity contribution in [3.8, 4) is 11.5 Å². The third-order valence-corrected chi connectivity index (χ3v) is 5.10. The van der Waals surface area contributed by atoms with Crippen LogP contribution in [0.5, 0.6) is 11.5 Å². The normalized spacial score (nSPS) is 12.6. The van der Waals surface area contributed by atoms with E-state index < -0.39 is 0 Å². The highest BCUT2D eigenvalue weighted by molar-refractivity contribution is 7.09. The van der Waals surface area contributed by atoms with E-state index in [1.807, 2.05) is 35.7 Å². The van der Waals surface area contributed by atoms with Crippen molar-refractivity contribution in [2.45, 2.75) is 13.1 Å². The molecule has 0 unspecified atom stereocenters. The van der Waals surface area contributed by atoms with E-state index in [-0.39, 0.29) is 18.0 Å². The van der Waals surface area contributed by atoms with Gasteiger partial charge < -0.3 is 18.9 Å². The van der Waals surface area contributed by atoms with Crippen LogP contribution in [0.25, 0.3) is 0 Å². The number of aromatic nitrogens is 1. The lowest BCUT2D eigenvalue weighted by Gasteiger charge is -2.25. The third-order valence-electron chi connectivity index (χ3n) is 4.24. The lowest BCUT2D eigenvalue weighted by Crippen LogP contribution is -2.35. The molecule has 1 aliphatic heterocycles. The van der Waals surface area contributed by atoms with Crippen LogP contribution in [0, 0.1) is 0 Å². The van der Waals surface area contributed by atoms with Gasteiger partial charge in [0.2, 0.25) is 5.91 Å². The Morgan fingerprint density at radius 1 is 1.07 bits per heavy atom. The maximum Gasteiger partial charge on any atom is 0.250 e. The maximum absolute atomic E-state index is 13.1. The van der Waals surface area contributed by atoms with E-state index in [1.54, 1.807) is 34.6 Å². The number of anilines is 1. The fraction of sp³-hybridized carbons (Fsp3) is 0.200. The number of carbonyl (C=O) groups excluding carboxylic acids is 1. The van der Waals surface area contributed by atoms with Gasteiger partial charge in [0, 0.05) is 28.9 Å². The molecule has 0 spiro atoms. The first kappa shape index (κ1) is 17.4. The summed E-state index contributed by atoms with van der Waals surface area (Å²) in [7, 11) is 0. The van der Waals surface area contributed by atoms with Gasteiger partial charge in [0.05, 0.1) is 6.54 Å². The van der Waals surface area contributed by atoms with Gasteiger partial charge >= 0.3 is 0 Å². The molecule has 2 aromatic heterocycles. The first-order valence-electron chi connectivity index (χ1n) is 8.58. The number of hydrogen-bond acceptors (Lipinski definition) is 5. The fourth-order valence-corrected chi connectivity index (χ4v) is 3.60. The molecule has 1 amide bonds. The highest BCUT2D eigenvalue weighted by Gasteiger charge is 2.21. The van der Waals surface area contributed by atoms with Crippen molar-refractivity contribution < 1.29 is 14.3 Å². The monoisotopic (exact) mass is 382 g/mol. The third kappa shape index (κ3) is 3.88. The van der Waals surface area contributed by atoms with E-state index in [0.29, 0.717) is 36.9 Å². The summed E-state index contributed by atoms with van der Waals surface area (Å²) >= 11 is 1.58. The molecule has 0 N–H and O–H groups in total. The highest BCUT2D eigenvalue weighted by Crippen LogP contribution is 2.34. The van der Waals surface area contributed by atoms with Crippen molar-refractivity contribution in [1.82, 2.24) is 4.57 Å². The molecule has 0 saturated carbocycles. The second-order valence-corrected chi connectivity index (χ2v) is 7.09. The minimum Gasteiger partial charge on any atom is -0.486 e. The number of fused-ring (bicyclic) bond motifs is 1. The van der Waals surface area contributed by atoms with Crippen molar-refractivity contribution in [1.29, 1.82) is 0 Å². The van der Waals surface area contributed by atoms with Gasteiger partial charge in [0.1, 0.15) is 19.8 Å². The molecule has 138 valence electrons. The average molecular weight is 382 g/mol. The summed E-state index contributed by atoms with van der Waals surface area (Å²) in [4.78, 5) is 27.8. The molecule has 7 heteroatoms. The van der Waals surface area contributed by atoms with Crippen LogP contribution in [-0.2, 0) is 17.9 Å². The molecular weight excluding hydrogens is 364 g/mol. The predicted molar refractivity (Wildman–Crippen MR) is 104 cm³/mol. The van der Waals surface area contributed by atoms with E-state index in [0.717, 1.165) is 4.88 Å². The van der Waals surface area contributed by atoms with E-state index >= 15 is 0 Å². The molecule has 3 heterocycles. The van der Waals surface area contributed by atoms with Gasteiger partial charge in [-0.2, -0.15) is 0 Å². The maximum atomic E-state index is 13.1. The molecule has 3 aromatic rings. The van der Waals surface area contributed by atoms with Crippen molar-refractivity contribution in [3.05, 3.63) is 75.3 Å². The van der Waals surface area contributed by atoms with Crippen molar-refractivity contribution in [3.63, 3.8) is 0 Å². The van der Waals surface area contributed by atoms with Crippen LogP contribution in [0.4, 0.5) is 5.69 Å². The average Bonchev–Trinajstić information content (AvgIpc) is 3.21. The van der Waals surface area contributed by atoms with E-state index in [2.05, 4.69) is 0 Å². The summed E-state index contributed by atoms with van der Waals surface area (Å²) in [6.45, 7) is 1.40. The topological polar surface area (TPSA) is 60.8 Å². The Hall–Kier alpha value is -3.06. The Balaban J connectivity index is 1.65. The molecule has 27 heavy (non-hydrogen) atoms. The molecule has 0 saturated heterocycles. The van der Waals surface area contributed by atoms with Crippen molar-refractivity contribution in [2.24, 2.45) is 0 Å². The molecule has 0 bridgehead atoms. The van der Waals surface area contributed by atoms with Gasteiger partial charge in [-0.3, -0.25) is 9.59 Å². The minimum atomic E-state index is -0.205. The van der Waals surface area contributed by atoms with Gasteiger partial charge in [-0.05, 0) is 29.6 Å². The van der Waals surface area contributed by atoms with Gasteiger partial charge in [-0.25, -0.2) is 0 Å². The second kappa shape index (κ2) is 7.67. The van der Waals surface area contributed by atoms with E-state index in [4.69, 9.17) is 9.47 Å². The molecule has 1 aliphatic rings. The number of rotatable bonds is 5. The van der Waals surface area contributed by atoms with Crippen molar-refractivity contribution in [2.75, 3.05) is 18.1 Å². The zero-order valence-electron chi connectivity index (χ0n) is 14.5. The summed E-state index contributed by atoms with van der Waals surface area (Å²) in [5.41, 5.74) is 0.505. The summed E-state index contributed by atoms with van der Waals surface area (Å²) in [6.07, 6.45) is 1.62. The first-order chi connectivity index (χ1) is 13.2. The zero-order valence-corrected chi connectivity index (χ0v) is 15.4. The zero-order chi connectivity index (χ0) is 18.6. The van der Waals surface area contributed by atoms with Gasteiger partial charge in [-0.15, -0.1) is 11.3 Å². The summed E-state index contributed by atoms with van der Waals surface area (Å²) in [6, 6.07) is 14.2. The Bertz CT molecular complexity index is 997. The molecule has 6 nitrogen and oxygen atoms in total. The van der Waals surface area contributed by atoms with Crippen LogP contribution in [0.15, 0.2) is 64.9 Å². The highest BCUT2D eigenvalue weighted by atomic mass is 32.1. The number of amides is 1. The van der Waals surface area contributed by atoms with Crippen LogP contribution in [-0.4, -0.2) is 23.7 Å².